The molecule has 0 aliphatic carbocycles. The molecule has 29 heavy (non-hydrogen) atoms. The molecule has 0 aliphatic rings. The Morgan fingerprint density at radius 1 is 0.621 bits per heavy atom. The average Bonchev–Trinajstić information content (AvgIpc) is 2.69. The Kier molecular flexibility index (Phi) is 11.5. The van der Waals surface area contributed by atoms with Crippen LogP contribution in [0.25, 0.3) is 0 Å². The van der Waals surface area contributed by atoms with Gasteiger partial charge in [-0.3, -0.25) is 9.59 Å². The number of hydrogen-bond acceptors (Lipinski definition) is 6. The number of ketones is 2. The van der Waals surface area contributed by atoms with E-state index in [0.29, 0.717) is 11.1 Å². The smallest absolute Gasteiger partial charge is 0.545 e. The van der Waals surface area contributed by atoms with Crippen LogP contribution >= 0.6 is 0 Å². The number of rotatable bonds is 6. The third-order valence-corrected chi connectivity index (χ3v) is 3.46. The molecule has 2 aromatic rings. The number of carboxylic acid groups (broad SMARTS) is 2. The van der Waals surface area contributed by atoms with Crippen molar-refractivity contribution >= 4 is 23.5 Å². The maximum atomic E-state index is 11.4. The van der Waals surface area contributed by atoms with E-state index in [4.69, 9.17) is 0 Å². The Hall–Kier alpha value is -3.28. The summed E-state index contributed by atoms with van der Waals surface area (Å²) in [5.74, 6) is -3.30. The second-order valence-corrected chi connectivity index (χ2v) is 5.69. The van der Waals surface area contributed by atoms with Gasteiger partial charge in [-0.15, -0.1) is 0 Å². The molecular weight excluding hydrogens is 424 g/mol. The first kappa shape index (κ1) is 25.7. The summed E-state index contributed by atoms with van der Waals surface area (Å²) in [6.45, 7) is 2.66. The molecule has 0 aromatic heterocycles. The minimum absolute atomic E-state index is 0. The molecule has 7 heteroatoms. The Morgan fingerprint density at radius 3 is 1.14 bits per heavy atom. The van der Waals surface area contributed by atoms with Gasteiger partial charge in [-0.2, -0.15) is 0 Å². The van der Waals surface area contributed by atoms with Crippen molar-refractivity contribution in [3.05, 3.63) is 95.1 Å². The first-order chi connectivity index (χ1) is 13.2. The molecule has 0 saturated carbocycles. The number of allylic oxidation sites excluding steroid dienone is 2. The van der Waals surface area contributed by atoms with Crippen LogP contribution in [-0.4, -0.2) is 23.5 Å². The van der Waals surface area contributed by atoms with Gasteiger partial charge in [-0.25, -0.2) is 0 Å². The maximum Gasteiger partial charge on any atom is 2.00 e. The van der Waals surface area contributed by atoms with Gasteiger partial charge in [0, 0.05) is 11.1 Å². The van der Waals surface area contributed by atoms with Crippen molar-refractivity contribution in [3.8, 4) is 0 Å². The van der Waals surface area contributed by atoms with Gasteiger partial charge in [0.2, 0.25) is 0 Å². The van der Waals surface area contributed by atoms with Gasteiger partial charge in [0.25, 0.3) is 0 Å². The van der Waals surface area contributed by atoms with Crippen LogP contribution in [0.2, 0.25) is 0 Å². The zero-order valence-corrected chi connectivity index (χ0v) is 16.6. The number of aliphatic carboxylic acids is 2. The molecule has 0 N–H and O–H groups in total. The van der Waals surface area contributed by atoms with Gasteiger partial charge in [-0.05, 0) is 37.1 Å². The van der Waals surface area contributed by atoms with Crippen molar-refractivity contribution in [1.82, 2.24) is 0 Å². The van der Waals surface area contributed by atoms with Crippen LogP contribution in [0.3, 0.4) is 0 Å². The summed E-state index contributed by atoms with van der Waals surface area (Å²) >= 11 is 0. The quantitative estimate of drug-likeness (QED) is 0.377. The summed E-state index contributed by atoms with van der Waals surface area (Å²) in [4.78, 5) is 43.5. The van der Waals surface area contributed by atoms with E-state index in [9.17, 15) is 29.4 Å². The van der Waals surface area contributed by atoms with E-state index >= 15 is 0 Å². The van der Waals surface area contributed by atoms with Crippen LogP contribution in [0.4, 0.5) is 0 Å². The Labute approximate surface area is 179 Å². The van der Waals surface area contributed by atoms with Crippen molar-refractivity contribution in [2.75, 3.05) is 0 Å². The van der Waals surface area contributed by atoms with Crippen molar-refractivity contribution in [3.63, 3.8) is 0 Å². The predicted molar refractivity (Wildman–Crippen MR) is 99.1 cm³/mol. The number of carbonyl (C=O) groups excluding carboxylic acids is 4. The topological polar surface area (TPSA) is 114 Å². The monoisotopic (exact) mass is 441 g/mol. The third kappa shape index (κ3) is 9.46. The summed E-state index contributed by atoms with van der Waals surface area (Å²) in [7, 11) is 0. The molecule has 0 amide bonds. The van der Waals surface area contributed by atoms with E-state index in [1.54, 1.807) is 60.7 Å². The normalized spacial score (nSPS) is 10.7. The molecule has 0 saturated heterocycles. The molecule has 0 heterocycles. The fourth-order valence-electron chi connectivity index (χ4n) is 1.88. The van der Waals surface area contributed by atoms with Gasteiger partial charge in [-0.1, -0.05) is 60.7 Å². The van der Waals surface area contributed by atoms with Crippen LogP contribution in [0.1, 0.15) is 34.6 Å². The van der Waals surface area contributed by atoms with Crippen LogP contribution in [0.15, 0.2) is 84.0 Å². The van der Waals surface area contributed by atoms with Crippen molar-refractivity contribution < 1.29 is 46.5 Å². The molecule has 0 unspecified atom stereocenters. The first-order valence-electron chi connectivity index (χ1n) is 8.20. The zero-order chi connectivity index (χ0) is 21.1. The summed E-state index contributed by atoms with van der Waals surface area (Å²) in [6, 6.07) is 16.9. The summed E-state index contributed by atoms with van der Waals surface area (Å²) in [6.07, 6.45) is 2.12. The van der Waals surface area contributed by atoms with Gasteiger partial charge in [0.15, 0.2) is 11.6 Å². The van der Waals surface area contributed by atoms with Crippen LogP contribution < -0.4 is 10.2 Å². The van der Waals surface area contributed by atoms with Crippen LogP contribution in [0.5, 0.6) is 0 Å². The number of hydrogen-bond donors (Lipinski definition) is 0. The van der Waals surface area contributed by atoms with E-state index in [1.807, 2.05) is 0 Å². The molecule has 0 atom stereocenters. The standard InChI is InChI=1S/2C11H10O3.Cu/c2*1-8(11(13)14)7-10(12)9-5-3-2-4-6-9;/h2*2-7H,1H3,(H,13,14);/q;;+2/p-2/b2*8-7+;. The Bertz CT molecular complexity index is 837. The molecule has 0 bridgehead atoms. The van der Waals surface area contributed by atoms with Crippen LogP contribution in [0, 0.1) is 0 Å². The largest absolute Gasteiger partial charge is 2.00 e. The van der Waals surface area contributed by atoms with E-state index in [-0.39, 0.29) is 39.8 Å². The van der Waals surface area contributed by atoms with E-state index < -0.39 is 11.9 Å². The number of benzene rings is 2. The van der Waals surface area contributed by atoms with Gasteiger partial charge in [0.1, 0.15) is 0 Å². The maximum absolute atomic E-state index is 11.4. The Morgan fingerprint density at radius 2 is 0.897 bits per heavy atom. The minimum atomic E-state index is -1.32. The molecular formula is C22H18CuO6. The van der Waals surface area contributed by atoms with Crippen molar-refractivity contribution in [1.29, 1.82) is 0 Å². The van der Waals surface area contributed by atoms with Gasteiger partial charge in [0.05, 0.1) is 11.9 Å². The molecule has 0 spiro atoms. The van der Waals surface area contributed by atoms with Gasteiger partial charge < -0.3 is 19.8 Å². The van der Waals surface area contributed by atoms with E-state index in [2.05, 4.69) is 0 Å². The molecule has 153 valence electrons. The molecule has 0 fully saturated rings. The molecule has 2 rings (SSSR count). The summed E-state index contributed by atoms with van der Waals surface area (Å²) in [5.41, 5.74) is 0.791. The molecule has 0 aliphatic heterocycles. The number of carboxylic acids is 2. The summed E-state index contributed by atoms with van der Waals surface area (Å²) in [5, 5.41) is 20.7. The predicted octanol–water partition coefficient (Wildman–Crippen LogP) is 1.13. The first-order valence-corrected chi connectivity index (χ1v) is 8.20. The zero-order valence-electron chi connectivity index (χ0n) is 15.7. The molecule has 2 aromatic carbocycles. The van der Waals surface area contributed by atoms with Crippen molar-refractivity contribution in [2.24, 2.45) is 0 Å². The third-order valence-electron chi connectivity index (χ3n) is 3.46. The van der Waals surface area contributed by atoms with E-state index in [0.717, 1.165) is 12.2 Å². The van der Waals surface area contributed by atoms with Crippen molar-refractivity contribution in [2.45, 2.75) is 13.8 Å². The second kappa shape index (κ2) is 13.0. The molecule has 6 nitrogen and oxygen atoms in total. The second-order valence-electron chi connectivity index (χ2n) is 5.69. The van der Waals surface area contributed by atoms with Crippen LogP contribution in [-0.2, 0) is 26.7 Å². The number of carbonyl (C=O) groups is 4. The Balaban J connectivity index is 0.000000523. The fourth-order valence-corrected chi connectivity index (χ4v) is 1.88. The van der Waals surface area contributed by atoms with E-state index in [1.165, 1.54) is 13.8 Å². The SMILES string of the molecule is C/C(=C\C(=O)c1ccccc1)C(=O)[O-].C/C(=C\C(=O)c1ccccc1)C(=O)[O-].[Cu+2]. The average molecular weight is 442 g/mol. The summed E-state index contributed by atoms with van der Waals surface area (Å²) < 4.78 is 0. The molecule has 1 radical (unpaired) electrons. The fraction of sp³-hybridized carbons (Fsp3) is 0.0909. The minimum Gasteiger partial charge on any atom is -0.545 e. The van der Waals surface area contributed by atoms with Gasteiger partial charge >= 0.3 is 17.1 Å².